The number of aryl methyl sites for hydroxylation is 1. The minimum absolute atomic E-state index is 0.0537. The van der Waals surface area contributed by atoms with Gasteiger partial charge in [-0.1, -0.05) is 49.7 Å². The van der Waals surface area contributed by atoms with Crippen LogP contribution in [0.3, 0.4) is 0 Å². The summed E-state index contributed by atoms with van der Waals surface area (Å²) in [6.45, 7) is 4.18. The van der Waals surface area contributed by atoms with Crippen molar-refractivity contribution in [1.29, 1.82) is 0 Å². The number of methoxy groups -OCH3 is 1. The number of rotatable bonds is 5. The number of anilines is 2. The largest absolute Gasteiger partial charge is 0.494 e. The molecule has 1 N–H and O–H groups in total. The topological polar surface area (TPSA) is 81.4 Å². The maximum Gasteiger partial charge on any atom is 0.328 e. The number of pyridine rings is 1. The van der Waals surface area contributed by atoms with Gasteiger partial charge in [0.15, 0.2) is 5.82 Å². The molecule has 1 unspecified atom stereocenters. The fourth-order valence-electron chi connectivity index (χ4n) is 4.71. The molecule has 0 spiro atoms. The van der Waals surface area contributed by atoms with E-state index in [0.717, 1.165) is 22.5 Å². The van der Waals surface area contributed by atoms with Crippen molar-refractivity contribution in [2.45, 2.75) is 25.8 Å². The number of carbonyl (C=O) groups is 1. The van der Waals surface area contributed by atoms with Gasteiger partial charge in [-0.15, -0.1) is 5.10 Å². The number of carbonyl (C=O) groups excluding carboxylic acids is 1. The molecule has 2 aromatic heterocycles. The number of amides is 2. The van der Waals surface area contributed by atoms with Crippen LogP contribution in [0, 0.1) is 0 Å². The van der Waals surface area contributed by atoms with Crippen LogP contribution >= 0.6 is 11.6 Å². The minimum atomic E-state index is -0.510. The van der Waals surface area contributed by atoms with Crippen LogP contribution in [0.5, 0.6) is 5.75 Å². The number of hydrogen-bond donors (Lipinski definition) is 1. The molecule has 4 aromatic rings. The summed E-state index contributed by atoms with van der Waals surface area (Å²) >= 11 is 6.21. The molecule has 0 saturated heterocycles. The Hall–Kier alpha value is -4.04. The van der Waals surface area contributed by atoms with E-state index in [9.17, 15) is 9.59 Å². The quantitative estimate of drug-likeness (QED) is 0.390. The molecule has 0 bridgehead atoms. The summed E-state index contributed by atoms with van der Waals surface area (Å²) in [5, 5.41) is 8.43. The molecule has 184 valence electrons. The summed E-state index contributed by atoms with van der Waals surface area (Å²) in [7, 11) is 3.28. The molecule has 1 aliphatic rings. The highest BCUT2D eigenvalue weighted by Gasteiger charge is 2.40. The first-order valence-electron chi connectivity index (χ1n) is 11.6. The zero-order valence-corrected chi connectivity index (χ0v) is 21.2. The SMILES string of the molecule is COc1ccccc1-n1nc2c(c1C(C)C)C(c1ccc(Cl)cc1)N(c1ccc(=O)n(C)c1)C(=O)N2. The Kier molecular flexibility index (Phi) is 6.05. The molecule has 0 radical (unpaired) electrons. The van der Waals surface area contributed by atoms with Crippen LogP contribution in [0.2, 0.25) is 5.02 Å². The number of aromatic nitrogens is 3. The Morgan fingerprint density at radius 1 is 1.03 bits per heavy atom. The highest BCUT2D eigenvalue weighted by Crippen LogP contribution is 2.45. The second-order valence-corrected chi connectivity index (χ2v) is 9.41. The van der Waals surface area contributed by atoms with Crippen molar-refractivity contribution >= 4 is 29.1 Å². The zero-order chi connectivity index (χ0) is 25.6. The van der Waals surface area contributed by atoms with Crippen LogP contribution < -0.4 is 20.5 Å². The monoisotopic (exact) mass is 503 g/mol. The summed E-state index contributed by atoms with van der Waals surface area (Å²) in [5.74, 6) is 1.21. The van der Waals surface area contributed by atoms with E-state index >= 15 is 0 Å². The van der Waals surface area contributed by atoms with Gasteiger partial charge in [-0.05, 0) is 41.8 Å². The zero-order valence-electron chi connectivity index (χ0n) is 20.4. The normalized spacial score (nSPS) is 15.1. The van der Waals surface area contributed by atoms with Crippen LogP contribution in [0.4, 0.5) is 16.3 Å². The highest BCUT2D eigenvalue weighted by molar-refractivity contribution is 6.30. The van der Waals surface area contributed by atoms with E-state index in [-0.39, 0.29) is 17.5 Å². The van der Waals surface area contributed by atoms with Crippen molar-refractivity contribution in [3.05, 3.63) is 99.1 Å². The van der Waals surface area contributed by atoms with Gasteiger partial charge in [-0.2, -0.15) is 0 Å². The lowest BCUT2D eigenvalue weighted by Crippen LogP contribution is -2.43. The van der Waals surface area contributed by atoms with Gasteiger partial charge >= 0.3 is 6.03 Å². The molecule has 0 saturated carbocycles. The van der Waals surface area contributed by atoms with Gasteiger partial charge in [0.2, 0.25) is 5.56 Å². The predicted molar refractivity (Wildman–Crippen MR) is 141 cm³/mol. The Morgan fingerprint density at radius 2 is 1.75 bits per heavy atom. The molecule has 0 aliphatic carbocycles. The molecule has 2 aromatic carbocycles. The Morgan fingerprint density at radius 3 is 2.42 bits per heavy atom. The Balaban J connectivity index is 1.81. The lowest BCUT2D eigenvalue weighted by molar-refractivity contribution is 0.254. The minimum Gasteiger partial charge on any atom is -0.494 e. The molecule has 5 rings (SSSR count). The highest BCUT2D eigenvalue weighted by atomic mass is 35.5. The molecular weight excluding hydrogens is 478 g/mol. The maximum absolute atomic E-state index is 13.6. The Labute approximate surface area is 213 Å². The molecule has 36 heavy (non-hydrogen) atoms. The molecule has 2 amide bonds. The number of hydrogen-bond acceptors (Lipinski definition) is 4. The number of ether oxygens (including phenoxy) is 1. The Bertz CT molecular complexity index is 1510. The average molecular weight is 504 g/mol. The van der Waals surface area contributed by atoms with Crippen molar-refractivity contribution in [1.82, 2.24) is 14.3 Å². The first-order valence-corrected chi connectivity index (χ1v) is 12.0. The second-order valence-electron chi connectivity index (χ2n) is 8.98. The summed E-state index contributed by atoms with van der Waals surface area (Å²) in [6, 6.07) is 17.3. The van der Waals surface area contributed by atoms with Gasteiger partial charge in [0.1, 0.15) is 11.4 Å². The van der Waals surface area contributed by atoms with E-state index in [1.54, 1.807) is 31.3 Å². The second kappa shape index (κ2) is 9.20. The van der Waals surface area contributed by atoms with Crippen LogP contribution in [0.1, 0.15) is 42.6 Å². The number of urea groups is 1. The summed E-state index contributed by atoms with van der Waals surface area (Å²) in [6.07, 6.45) is 1.66. The molecular formula is C27H26ClN5O3. The summed E-state index contributed by atoms with van der Waals surface area (Å²) in [4.78, 5) is 27.3. The van der Waals surface area contributed by atoms with Gasteiger partial charge in [-0.25, -0.2) is 9.48 Å². The molecule has 0 fully saturated rings. The van der Waals surface area contributed by atoms with E-state index in [2.05, 4.69) is 19.2 Å². The third-order valence-corrected chi connectivity index (χ3v) is 6.58. The number of fused-ring (bicyclic) bond motifs is 1. The van der Waals surface area contributed by atoms with Gasteiger partial charge in [0, 0.05) is 29.9 Å². The lowest BCUT2D eigenvalue weighted by Gasteiger charge is -2.36. The maximum atomic E-state index is 13.6. The fourth-order valence-corrected chi connectivity index (χ4v) is 4.83. The molecule has 1 aliphatic heterocycles. The van der Waals surface area contributed by atoms with Crippen LogP contribution in [0.15, 0.2) is 71.7 Å². The van der Waals surface area contributed by atoms with Crippen LogP contribution in [-0.2, 0) is 7.05 Å². The van der Waals surface area contributed by atoms with Crippen molar-refractivity contribution in [2.24, 2.45) is 7.05 Å². The van der Waals surface area contributed by atoms with E-state index in [4.69, 9.17) is 21.4 Å². The van der Waals surface area contributed by atoms with Crippen molar-refractivity contribution in [3.63, 3.8) is 0 Å². The van der Waals surface area contributed by atoms with Gasteiger partial charge in [0.25, 0.3) is 0 Å². The number of nitrogens with zero attached hydrogens (tertiary/aromatic N) is 4. The standard InChI is InChI=1S/C27H26ClN5O3/c1-16(2)24-23-25(17-9-11-18(28)12-10-17)32(19-13-14-22(34)31(3)15-19)27(35)29-26(23)30-33(24)20-7-5-6-8-21(20)36-4/h5-16,25H,1-4H3,(H,29,30,35). The molecule has 1 atom stereocenters. The van der Waals surface area contributed by atoms with Crippen LogP contribution in [0.25, 0.3) is 5.69 Å². The van der Waals surface area contributed by atoms with E-state index in [0.29, 0.717) is 22.3 Å². The van der Waals surface area contributed by atoms with Gasteiger partial charge in [0.05, 0.1) is 24.5 Å². The number of para-hydroxylation sites is 2. The van der Waals surface area contributed by atoms with Crippen molar-refractivity contribution < 1.29 is 9.53 Å². The van der Waals surface area contributed by atoms with Gasteiger partial charge in [-0.3, -0.25) is 15.0 Å². The molecule has 3 heterocycles. The predicted octanol–water partition coefficient (Wildman–Crippen LogP) is 5.50. The van der Waals surface area contributed by atoms with Crippen molar-refractivity contribution in [2.75, 3.05) is 17.3 Å². The smallest absolute Gasteiger partial charge is 0.328 e. The third kappa shape index (κ3) is 3.93. The van der Waals surface area contributed by atoms with E-state index in [1.165, 1.54) is 10.6 Å². The van der Waals surface area contributed by atoms with Crippen LogP contribution in [-0.4, -0.2) is 27.5 Å². The average Bonchev–Trinajstić information content (AvgIpc) is 3.24. The molecule has 8 nitrogen and oxygen atoms in total. The summed E-state index contributed by atoms with van der Waals surface area (Å²) < 4.78 is 8.93. The van der Waals surface area contributed by atoms with Gasteiger partial charge < -0.3 is 9.30 Å². The van der Waals surface area contributed by atoms with Crippen molar-refractivity contribution in [3.8, 4) is 11.4 Å². The lowest BCUT2D eigenvalue weighted by atomic mass is 9.91. The molecule has 9 heteroatoms. The number of nitrogens with one attached hydrogen (secondary N) is 1. The third-order valence-electron chi connectivity index (χ3n) is 6.33. The number of benzene rings is 2. The van der Waals surface area contributed by atoms with E-state index < -0.39 is 6.04 Å². The first kappa shape index (κ1) is 23.7. The number of halogens is 1. The fraction of sp³-hybridized carbons (Fsp3) is 0.222. The van der Waals surface area contributed by atoms with E-state index in [1.807, 2.05) is 53.2 Å². The first-order chi connectivity index (χ1) is 17.3. The summed E-state index contributed by atoms with van der Waals surface area (Å²) in [5.41, 5.74) is 3.87.